The predicted octanol–water partition coefficient (Wildman–Crippen LogP) is 2.23. The Bertz CT molecular complexity index is 337. The third-order valence-electron chi connectivity index (χ3n) is 3.66. The number of hydrogen-bond donors (Lipinski definition) is 1. The van der Waals surface area contributed by atoms with E-state index in [2.05, 4.69) is 28.2 Å². The van der Waals surface area contributed by atoms with Crippen molar-refractivity contribution in [1.82, 2.24) is 14.9 Å². The molecule has 2 atom stereocenters. The van der Waals surface area contributed by atoms with Gasteiger partial charge in [0.2, 0.25) is 0 Å². The number of thioether (sulfide) groups is 1. The van der Waals surface area contributed by atoms with E-state index in [0.29, 0.717) is 0 Å². The van der Waals surface area contributed by atoms with Crippen LogP contribution < -0.4 is 5.32 Å². The zero-order valence-corrected chi connectivity index (χ0v) is 11.7. The molecule has 0 aromatic carbocycles. The van der Waals surface area contributed by atoms with Crippen molar-refractivity contribution >= 4 is 11.8 Å². The van der Waals surface area contributed by atoms with E-state index < -0.39 is 0 Å². The second-order valence-electron chi connectivity index (χ2n) is 4.88. The number of hydrogen-bond acceptors (Lipinski definition) is 3. The Kier molecular flexibility index (Phi) is 4.92. The van der Waals surface area contributed by atoms with Gasteiger partial charge >= 0.3 is 0 Å². The van der Waals surface area contributed by atoms with Gasteiger partial charge < -0.3 is 9.88 Å². The first-order chi connectivity index (χ1) is 8.29. The zero-order chi connectivity index (χ0) is 12.1. The quantitative estimate of drug-likeness (QED) is 0.872. The first-order valence-electron chi connectivity index (χ1n) is 6.52. The highest BCUT2D eigenvalue weighted by Crippen LogP contribution is 2.26. The molecule has 1 aliphatic rings. The van der Waals surface area contributed by atoms with E-state index in [9.17, 15) is 0 Å². The Morgan fingerprint density at radius 2 is 2.41 bits per heavy atom. The van der Waals surface area contributed by atoms with Crippen molar-refractivity contribution in [3.63, 3.8) is 0 Å². The molecule has 0 saturated heterocycles. The number of rotatable bonds is 5. The summed E-state index contributed by atoms with van der Waals surface area (Å²) in [6.45, 7) is 1.05. The minimum Gasteiger partial charge on any atom is -0.338 e. The van der Waals surface area contributed by atoms with E-state index >= 15 is 0 Å². The van der Waals surface area contributed by atoms with Crippen LogP contribution in [-0.2, 0) is 13.5 Å². The molecule has 1 fully saturated rings. The van der Waals surface area contributed by atoms with Gasteiger partial charge in [0, 0.05) is 43.7 Å². The average molecular weight is 253 g/mol. The second-order valence-corrected chi connectivity index (χ2v) is 6.02. The summed E-state index contributed by atoms with van der Waals surface area (Å²) in [5, 5.41) is 4.55. The van der Waals surface area contributed by atoms with Crippen LogP contribution in [-0.4, -0.2) is 33.6 Å². The largest absolute Gasteiger partial charge is 0.338 e. The topological polar surface area (TPSA) is 29.9 Å². The van der Waals surface area contributed by atoms with Crippen LogP contribution in [0.2, 0.25) is 0 Å². The lowest BCUT2D eigenvalue weighted by Gasteiger charge is -2.28. The molecule has 1 heterocycles. The monoisotopic (exact) mass is 253 g/mol. The molecule has 0 radical (unpaired) electrons. The van der Waals surface area contributed by atoms with Crippen LogP contribution in [0, 0.1) is 0 Å². The molecule has 0 aliphatic heterocycles. The first kappa shape index (κ1) is 13.0. The molecule has 1 aromatic rings. The summed E-state index contributed by atoms with van der Waals surface area (Å²) in [6, 6.07) is 0.724. The molecule has 96 valence electrons. The van der Waals surface area contributed by atoms with Crippen LogP contribution in [0.25, 0.3) is 0 Å². The molecule has 1 N–H and O–H groups in total. The van der Waals surface area contributed by atoms with Gasteiger partial charge in [-0.1, -0.05) is 6.42 Å². The van der Waals surface area contributed by atoms with Crippen molar-refractivity contribution in [3.8, 4) is 0 Å². The standard InChI is InChI=1S/C13H23N3S/c1-16-9-8-15-13(16)6-7-14-11-4-3-5-12(10-11)17-2/h8-9,11-12,14H,3-7,10H2,1-2H3. The molecular formula is C13H23N3S. The van der Waals surface area contributed by atoms with E-state index in [-0.39, 0.29) is 0 Å². The Morgan fingerprint density at radius 1 is 1.53 bits per heavy atom. The van der Waals surface area contributed by atoms with Gasteiger partial charge in [-0.25, -0.2) is 4.98 Å². The number of nitrogens with zero attached hydrogens (tertiary/aromatic N) is 2. The number of imidazole rings is 1. The van der Waals surface area contributed by atoms with Gasteiger partial charge in [0.25, 0.3) is 0 Å². The normalized spacial score (nSPS) is 25.1. The van der Waals surface area contributed by atoms with Crippen molar-refractivity contribution in [2.75, 3.05) is 12.8 Å². The van der Waals surface area contributed by atoms with Gasteiger partial charge in [0.15, 0.2) is 0 Å². The maximum atomic E-state index is 4.35. The smallest absolute Gasteiger partial charge is 0.109 e. The summed E-state index contributed by atoms with van der Waals surface area (Å²) in [6.07, 6.45) is 12.6. The summed E-state index contributed by atoms with van der Waals surface area (Å²) in [7, 11) is 2.06. The summed E-state index contributed by atoms with van der Waals surface area (Å²) in [5.74, 6) is 1.18. The maximum Gasteiger partial charge on any atom is 0.109 e. The van der Waals surface area contributed by atoms with Crippen molar-refractivity contribution in [2.45, 2.75) is 43.4 Å². The lowest BCUT2D eigenvalue weighted by molar-refractivity contribution is 0.381. The molecule has 2 rings (SSSR count). The van der Waals surface area contributed by atoms with Crippen molar-refractivity contribution in [2.24, 2.45) is 7.05 Å². The molecule has 0 bridgehead atoms. The highest BCUT2D eigenvalue weighted by atomic mass is 32.2. The summed E-state index contributed by atoms with van der Waals surface area (Å²) >= 11 is 2.03. The van der Waals surface area contributed by atoms with E-state index in [1.54, 1.807) is 0 Å². The van der Waals surface area contributed by atoms with E-state index in [1.165, 1.54) is 31.5 Å². The highest BCUT2D eigenvalue weighted by molar-refractivity contribution is 7.99. The average Bonchev–Trinajstić information content (AvgIpc) is 2.76. The first-order valence-corrected chi connectivity index (χ1v) is 7.80. The SMILES string of the molecule is CSC1CCCC(NCCc2nccn2C)C1. The Balaban J connectivity index is 1.70. The lowest BCUT2D eigenvalue weighted by atomic mass is 9.95. The number of nitrogens with one attached hydrogen (secondary N) is 1. The highest BCUT2D eigenvalue weighted by Gasteiger charge is 2.20. The molecule has 4 heteroatoms. The van der Waals surface area contributed by atoms with Crippen LogP contribution >= 0.6 is 11.8 Å². The molecule has 1 aromatic heterocycles. The molecule has 0 spiro atoms. The van der Waals surface area contributed by atoms with Crippen LogP contribution in [0.1, 0.15) is 31.5 Å². The fraction of sp³-hybridized carbons (Fsp3) is 0.769. The summed E-state index contributed by atoms with van der Waals surface area (Å²) in [5.41, 5.74) is 0. The van der Waals surface area contributed by atoms with Crippen LogP contribution in [0.15, 0.2) is 12.4 Å². The third kappa shape index (κ3) is 3.75. The van der Waals surface area contributed by atoms with Gasteiger partial charge in [0.1, 0.15) is 5.82 Å². The molecule has 0 amide bonds. The Morgan fingerprint density at radius 3 is 3.12 bits per heavy atom. The summed E-state index contributed by atoms with van der Waals surface area (Å²) < 4.78 is 2.10. The van der Waals surface area contributed by atoms with Gasteiger partial charge in [-0.3, -0.25) is 0 Å². The third-order valence-corrected chi connectivity index (χ3v) is 4.76. The minimum atomic E-state index is 0.724. The summed E-state index contributed by atoms with van der Waals surface area (Å²) in [4.78, 5) is 4.35. The maximum absolute atomic E-state index is 4.35. The van der Waals surface area contributed by atoms with E-state index in [1.807, 2.05) is 24.2 Å². The second kappa shape index (κ2) is 6.45. The number of aryl methyl sites for hydroxylation is 1. The van der Waals surface area contributed by atoms with E-state index in [4.69, 9.17) is 0 Å². The van der Waals surface area contributed by atoms with Crippen LogP contribution in [0.5, 0.6) is 0 Å². The predicted molar refractivity (Wildman–Crippen MR) is 74.5 cm³/mol. The molecule has 1 saturated carbocycles. The number of aromatic nitrogens is 2. The molecular weight excluding hydrogens is 230 g/mol. The molecule has 2 unspecified atom stereocenters. The van der Waals surface area contributed by atoms with E-state index in [0.717, 1.165) is 24.3 Å². The fourth-order valence-corrected chi connectivity index (χ4v) is 3.40. The van der Waals surface area contributed by atoms with Crippen molar-refractivity contribution in [3.05, 3.63) is 18.2 Å². The zero-order valence-electron chi connectivity index (χ0n) is 10.9. The molecule has 3 nitrogen and oxygen atoms in total. The van der Waals surface area contributed by atoms with Crippen LogP contribution in [0.3, 0.4) is 0 Å². The fourth-order valence-electron chi connectivity index (χ4n) is 2.57. The van der Waals surface area contributed by atoms with Crippen LogP contribution in [0.4, 0.5) is 0 Å². The van der Waals surface area contributed by atoms with Crippen molar-refractivity contribution in [1.29, 1.82) is 0 Å². The Hall–Kier alpha value is -0.480. The minimum absolute atomic E-state index is 0.724. The van der Waals surface area contributed by atoms with Crippen molar-refractivity contribution < 1.29 is 0 Å². The Labute approximate surface area is 108 Å². The molecule has 1 aliphatic carbocycles. The van der Waals surface area contributed by atoms with Gasteiger partial charge in [0.05, 0.1) is 0 Å². The van der Waals surface area contributed by atoms with Gasteiger partial charge in [-0.05, 0) is 25.5 Å². The van der Waals surface area contributed by atoms with Gasteiger partial charge in [-0.15, -0.1) is 0 Å². The van der Waals surface area contributed by atoms with Gasteiger partial charge in [-0.2, -0.15) is 11.8 Å². The lowest BCUT2D eigenvalue weighted by Crippen LogP contribution is -2.36. The molecule has 17 heavy (non-hydrogen) atoms.